The molecule has 5 rings (SSSR count). The van der Waals surface area contributed by atoms with Gasteiger partial charge in [0.15, 0.2) is 5.78 Å². The molecule has 2 amide bonds. The highest BCUT2D eigenvalue weighted by Gasteiger charge is 2.13. The highest BCUT2D eigenvalue weighted by atomic mass is 35.5. The Hall–Kier alpha value is -4.08. The number of anilines is 2. The number of benzene rings is 2. The topological polar surface area (TPSA) is 112 Å². The van der Waals surface area contributed by atoms with Crippen molar-refractivity contribution in [1.29, 1.82) is 0 Å². The van der Waals surface area contributed by atoms with Gasteiger partial charge in [0.2, 0.25) is 0 Å². The number of fused-ring (bicyclic) bond motifs is 1. The number of piperidine rings is 1. The van der Waals surface area contributed by atoms with Crippen LogP contribution in [-0.2, 0) is 0 Å². The van der Waals surface area contributed by atoms with Crippen molar-refractivity contribution in [3.63, 3.8) is 0 Å². The number of carbonyl (C=O) groups excluding carboxylic acids is 2. The lowest BCUT2D eigenvalue weighted by molar-refractivity contribution is 0.0992. The summed E-state index contributed by atoms with van der Waals surface area (Å²) in [6.45, 7) is 3.42. The normalized spacial score (nSPS) is 13.7. The Balaban J connectivity index is 1.24. The van der Waals surface area contributed by atoms with E-state index in [1.807, 2.05) is 42.5 Å². The molecule has 1 aliphatic heterocycles. The first-order valence-electron chi connectivity index (χ1n) is 13.1. The van der Waals surface area contributed by atoms with E-state index in [9.17, 15) is 9.59 Å². The molecule has 0 radical (unpaired) electrons. The maximum absolute atomic E-state index is 12.8. The lowest BCUT2D eigenvalue weighted by Gasteiger charge is -2.26. The quantitative estimate of drug-likeness (QED) is 0.253. The van der Waals surface area contributed by atoms with Gasteiger partial charge < -0.3 is 20.9 Å². The first-order chi connectivity index (χ1) is 19.0. The Kier molecular flexibility index (Phi) is 8.60. The van der Waals surface area contributed by atoms with Gasteiger partial charge in [-0.1, -0.05) is 30.2 Å². The predicted octanol–water partition coefficient (Wildman–Crippen LogP) is 5.06. The molecule has 2 aromatic heterocycles. The molecule has 0 saturated carbocycles. The number of aromatic nitrogens is 3. The number of Topliss-reactive ketones (excluding diaryl/α,β-unsaturated/α-hetero) is 1. The zero-order valence-corrected chi connectivity index (χ0v) is 22.2. The molecule has 9 nitrogen and oxygen atoms in total. The number of hydrogen-bond acceptors (Lipinski definition) is 7. The van der Waals surface area contributed by atoms with Gasteiger partial charge in [0.05, 0.1) is 12.1 Å². The van der Waals surface area contributed by atoms with Gasteiger partial charge in [-0.15, -0.1) is 0 Å². The van der Waals surface area contributed by atoms with Crippen molar-refractivity contribution in [2.75, 3.05) is 38.0 Å². The lowest BCUT2D eigenvalue weighted by Crippen LogP contribution is -2.43. The van der Waals surface area contributed by atoms with E-state index in [4.69, 9.17) is 11.6 Å². The molecule has 10 heteroatoms. The van der Waals surface area contributed by atoms with Crippen LogP contribution in [0.5, 0.6) is 0 Å². The highest BCUT2D eigenvalue weighted by Crippen LogP contribution is 2.29. The number of hydrogen-bond donors (Lipinski definition) is 3. The largest absolute Gasteiger partial charge is 0.340 e. The van der Waals surface area contributed by atoms with Crippen molar-refractivity contribution in [3.05, 3.63) is 77.8 Å². The van der Waals surface area contributed by atoms with Gasteiger partial charge in [-0.05, 0) is 67.9 Å². The number of nitrogens with one attached hydrogen (secondary N) is 3. The van der Waals surface area contributed by atoms with Crippen LogP contribution in [0.25, 0.3) is 22.0 Å². The van der Waals surface area contributed by atoms with Crippen LogP contribution in [0.2, 0.25) is 5.02 Å². The van der Waals surface area contributed by atoms with Crippen LogP contribution in [-0.4, -0.2) is 64.4 Å². The maximum Gasteiger partial charge on any atom is 0.315 e. The predicted molar refractivity (Wildman–Crippen MR) is 154 cm³/mol. The lowest BCUT2D eigenvalue weighted by atomic mass is 10.0. The van der Waals surface area contributed by atoms with E-state index in [1.165, 1.54) is 31.8 Å². The van der Waals surface area contributed by atoms with Crippen molar-refractivity contribution in [1.82, 2.24) is 30.5 Å². The number of pyridine rings is 1. The van der Waals surface area contributed by atoms with Crippen LogP contribution in [0.1, 0.15) is 29.6 Å². The first kappa shape index (κ1) is 26.5. The number of nitrogens with zero attached hydrogens (tertiary/aromatic N) is 4. The van der Waals surface area contributed by atoms with E-state index in [0.717, 1.165) is 47.4 Å². The molecule has 4 aromatic rings. The minimum atomic E-state index is -0.348. The molecule has 1 saturated heterocycles. The maximum atomic E-state index is 12.8. The van der Waals surface area contributed by atoms with Crippen LogP contribution in [0.3, 0.4) is 0 Å². The molecule has 0 spiro atoms. The van der Waals surface area contributed by atoms with Gasteiger partial charge in [-0.3, -0.25) is 9.78 Å². The second-order valence-corrected chi connectivity index (χ2v) is 9.92. The van der Waals surface area contributed by atoms with Crippen molar-refractivity contribution in [2.24, 2.45) is 0 Å². The number of amides is 2. The fourth-order valence-electron chi connectivity index (χ4n) is 4.62. The van der Waals surface area contributed by atoms with E-state index in [1.54, 1.807) is 12.3 Å². The summed E-state index contributed by atoms with van der Waals surface area (Å²) in [5.41, 5.74) is 3.63. The summed E-state index contributed by atoms with van der Waals surface area (Å²) in [6.07, 6.45) is 8.42. The summed E-state index contributed by atoms with van der Waals surface area (Å²) in [5, 5.41) is 10.2. The standard InChI is InChI=1S/C29H30ClN7O2/c30-23-5-4-6-24(15-23)36-28-25-14-20(7-8-26(25)34-19-35-28)21-13-22(17-31-16-21)27(38)18-33-29(39)32-9-12-37-10-2-1-3-11-37/h4-8,13-17,19H,1-3,9-12,18H2,(H2,32,33,39)(H,34,35,36). The number of ketones is 1. The molecule has 3 heterocycles. The molecular formula is C29H30ClN7O2. The van der Waals surface area contributed by atoms with Gasteiger partial charge >= 0.3 is 6.03 Å². The van der Waals surface area contributed by atoms with Gasteiger partial charge in [-0.2, -0.15) is 0 Å². The van der Waals surface area contributed by atoms with E-state index < -0.39 is 0 Å². The van der Waals surface area contributed by atoms with Crippen molar-refractivity contribution >= 4 is 45.8 Å². The van der Waals surface area contributed by atoms with Crippen LogP contribution >= 0.6 is 11.6 Å². The number of urea groups is 1. The summed E-state index contributed by atoms with van der Waals surface area (Å²) in [5.74, 6) is 0.419. The molecule has 3 N–H and O–H groups in total. The monoisotopic (exact) mass is 543 g/mol. The summed E-state index contributed by atoms with van der Waals surface area (Å²) < 4.78 is 0. The number of carbonyl (C=O) groups is 2. The number of rotatable bonds is 9. The molecule has 200 valence electrons. The molecule has 39 heavy (non-hydrogen) atoms. The van der Waals surface area contributed by atoms with Gasteiger partial charge in [0.1, 0.15) is 12.1 Å². The number of halogens is 1. The molecule has 0 unspecified atom stereocenters. The fraction of sp³-hybridized carbons (Fsp3) is 0.276. The van der Waals surface area contributed by atoms with Gasteiger partial charge in [-0.25, -0.2) is 14.8 Å². The Morgan fingerprint density at radius 2 is 1.79 bits per heavy atom. The summed E-state index contributed by atoms with van der Waals surface area (Å²) >= 11 is 6.13. The molecule has 1 aliphatic rings. The summed E-state index contributed by atoms with van der Waals surface area (Å²) in [4.78, 5) is 40.4. The highest BCUT2D eigenvalue weighted by molar-refractivity contribution is 6.30. The third-order valence-electron chi connectivity index (χ3n) is 6.69. The molecule has 0 aliphatic carbocycles. The van der Waals surface area contributed by atoms with E-state index in [2.05, 4.69) is 35.8 Å². The Labute approximate surface area is 232 Å². The van der Waals surface area contributed by atoms with Crippen LogP contribution in [0, 0.1) is 0 Å². The smallest absolute Gasteiger partial charge is 0.315 e. The fourth-order valence-corrected chi connectivity index (χ4v) is 4.82. The van der Waals surface area contributed by atoms with Crippen LogP contribution in [0.4, 0.5) is 16.3 Å². The third-order valence-corrected chi connectivity index (χ3v) is 6.92. The SMILES string of the molecule is O=C(NCCN1CCCCC1)NCC(=O)c1cncc(-c2ccc3ncnc(Nc4cccc(Cl)c4)c3c2)c1. The average molecular weight is 544 g/mol. The van der Waals surface area contributed by atoms with E-state index in [0.29, 0.717) is 22.9 Å². The average Bonchev–Trinajstić information content (AvgIpc) is 2.96. The first-order valence-corrected chi connectivity index (χ1v) is 13.4. The summed E-state index contributed by atoms with van der Waals surface area (Å²) in [6, 6.07) is 14.6. The van der Waals surface area contributed by atoms with Crippen molar-refractivity contribution in [3.8, 4) is 11.1 Å². The summed E-state index contributed by atoms with van der Waals surface area (Å²) in [7, 11) is 0. The zero-order chi connectivity index (χ0) is 27.0. The number of likely N-dealkylation sites (tertiary alicyclic amines) is 1. The zero-order valence-electron chi connectivity index (χ0n) is 21.5. The van der Waals surface area contributed by atoms with Crippen molar-refractivity contribution in [2.45, 2.75) is 19.3 Å². The van der Waals surface area contributed by atoms with Crippen LogP contribution in [0.15, 0.2) is 67.3 Å². The van der Waals surface area contributed by atoms with E-state index >= 15 is 0 Å². The second-order valence-electron chi connectivity index (χ2n) is 9.49. The second kappa shape index (κ2) is 12.6. The minimum absolute atomic E-state index is 0.111. The van der Waals surface area contributed by atoms with Crippen molar-refractivity contribution < 1.29 is 9.59 Å². The molecule has 1 fully saturated rings. The third kappa shape index (κ3) is 7.07. The van der Waals surface area contributed by atoms with Gasteiger partial charge in [0.25, 0.3) is 0 Å². The Morgan fingerprint density at radius 3 is 2.64 bits per heavy atom. The van der Waals surface area contributed by atoms with E-state index in [-0.39, 0.29) is 18.4 Å². The minimum Gasteiger partial charge on any atom is -0.340 e. The van der Waals surface area contributed by atoms with Crippen LogP contribution < -0.4 is 16.0 Å². The Morgan fingerprint density at radius 1 is 0.923 bits per heavy atom. The van der Waals surface area contributed by atoms with Gasteiger partial charge in [0, 0.05) is 52.7 Å². The molecule has 0 bridgehead atoms. The molecule has 0 atom stereocenters. The Bertz CT molecular complexity index is 1470. The molecular weight excluding hydrogens is 514 g/mol. The molecule has 2 aromatic carbocycles.